The fourth-order valence-electron chi connectivity index (χ4n) is 3.09. The van der Waals surface area contributed by atoms with E-state index in [0.717, 1.165) is 33.1 Å². The van der Waals surface area contributed by atoms with Gasteiger partial charge in [-0.1, -0.05) is 32.1 Å². The molecule has 3 nitrogen and oxygen atoms in total. The first-order valence-electron chi connectivity index (χ1n) is 9.21. The lowest BCUT2D eigenvalue weighted by Crippen LogP contribution is -2.27. The summed E-state index contributed by atoms with van der Waals surface area (Å²) in [6, 6.07) is 11.8. The summed E-state index contributed by atoms with van der Waals surface area (Å²) in [5, 5.41) is 3.15. The van der Waals surface area contributed by atoms with Crippen LogP contribution >= 0.6 is 11.8 Å². The molecule has 0 aliphatic carbocycles. The van der Waals surface area contributed by atoms with E-state index < -0.39 is 0 Å². The summed E-state index contributed by atoms with van der Waals surface area (Å²) in [5.74, 6) is 1.96. The topological polar surface area (TPSA) is 38.3 Å². The van der Waals surface area contributed by atoms with Crippen molar-refractivity contribution in [1.82, 2.24) is 5.32 Å². The first-order chi connectivity index (χ1) is 12.9. The van der Waals surface area contributed by atoms with E-state index >= 15 is 0 Å². The Morgan fingerprint density at radius 3 is 2.56 bits per heavy atom. The van der Waals surface area contributed by atoms with Gasteiger partial charge in [-0.05, 0) is 60.7 Å². The Kier molecular flexibility index (Phi) is 7.55. The number of hydrogen-bond acceptors (Lipinski definition) is 3. The highest BCUT2D eigenvalue weighted by molar-refractivity contribution is 7.99. The molecule has 4 heteroatoms. The van der Waals surface area contributed by atoms with Crippen LogP contribution in [0.5, 0.6) is 5.75 Å². The van der Waals surface area contributed by atoms with Crippen LogP contribution in [0.15, 0.2) is 53.9 Å². The van der Waals surface area contributed by atoms with Crippen molar-refractivity contribution in [3.05, 3.63) is 71.3 Å². The van der Waals surface area contributed by atoms with Crippen LogP contribution in [0.1, 0.15) is 59.8 Å². The molecule has 0 spiro atoms. The summed E-state index contributed by atoms with van der Waals surface area (Å²) in [7, 11) is 1.70. The van der Waals surface area contributed by atoms with E-state index in [2.05, 4.69) is 44.8 Å². The van der Waals surface area contributed by atoms with Gasteiger partial charge in [-0.15, -0.1) is 18.3 Å². The number of methoxy groups -OCH3 is 1. The zero-order chi connectivity index (χ0) is 20.0. The fourth-order valence-corrected chi connectivity index (χ4v) is 3.88. The summed E-state index contributed by atoms with van der Waals surface area (Å²) in [6.07, 6.45) is 1.84. The molecule has 0 heterocycles. The molecule has 1 N–H and O–H groups in total. The van der Waals surface area contributed by atoms with Gasteiger partial charge in [0, 0.05) is 10.6 Å². The van der Waals surface area contributed by atoms with Gasteiger partial charge < -0.3 is 10.1 Å². The number of thioether (sulfide) groups is 1. The lowest BCUT2D eigenvalue weighted by molar-refractivity contribution is 0.0937. The van der Waals surface area contributed by atoms with Crippen LogP contribution in [0.2, 0.25) is 0 Å². The van der Waals surface area contributed by atoms with Crippen molar-refractivity contribution < 1.29 is 9.53 Å². The van der Waals surface area contributed by atoms with Crippen molar-refractivity contribution in [2.24, 2.45) is 0 Å². The molecule has 0 aliphatic rings. The van der Waals surface area contributed by atoms with Gasteiger partial charge in [0.2, 0.25) is 0 Å². The van der Waals surface area contributed by atoms with Crippen LogP contribution in [0.4, 0.5) is 0 Å². The standard InChI is InChI=1S/C23H29NO2S/c1-7-12-27-22-11-9-8-10-18(22)23(25)24-17(5)20-14-19(15(2)3)21(26-6)13-16(20)4/h7-11,13-15,17H,1,12H2,2-6H3,(H,24,25). The van der Waals surface area contributed by atoms with E-state index in [1.54, 1.807) is 18.9 Å². The predicted molar refractivity (Wildman–Crippen MR) is 115 cm³/mol. The first-order valence-corrected chi connectivity index (χ1v) is 10.2. The van der Waals surface area contributed by atoms with Crippen LogP contribution in [0.3, 0.4) is 0 Å². The van der Waals surface area contributed by atoms with E-state index in [1.165, 1.54) is 0 Å². The molecule has 144 valence electrons. The number of carbonyl (C=O) groups is 1. The molecule has 0 saturated carbocycles. The number of ether oxygens (including phenoxy) is 1. The molecular weight excluding hydrogens is 354 g/mol. The number of rotatable bonds is 8. The molecule has 0 bridgehead atoms. The Hall–Kier alpha value is -2.20. The lowest BCUT2D eigenvalue weighted by atomic mass is 9.93. The number of amides is 1. The molecule has 0 aliphatic heterocycles. The number of carbonyl (C=O) groups excluding carboxylic acids is 1. The minimum atomic E-state index is -0.0987. The third-order valence-electron chi connectivity index (χ3n) is 4.54. The Morgan fingerprint density at radius 1 is 1.22 bits per heavy atom. The molecule has 2 rings (SSSR count). The molecule has 1 atom stereocenters. The largest absolute Gasteiger partial charge is 0.496 e. The molecular formula is C23H29NO2S. The average Bonchev–Trinajstić information content (AvgIpc) is 2.65. The zero-order valence-corrected chi connectivity index (χ0v) is 17.7. The highest BCUT2D eigenvalue weighted by Gasteiger charge is 2.18. The molecule has 0 saturated heterocycles. The van der Waals surface area contributed by atoms with Crippen molar-refractivity contribution in [2.45, 2.75) is 44.6 Å². The maximum absolute atomic E-state index is 12.9. The lowest BCUT2D eigenvalue weighted by Gasteiger charge is -2.21. The molecule has 2 aromatic carbocycles. The van der Waals surface area contributed by atoms with Crippen LogP contribution in [0, 0.1) is 6.92 Å². The highest BCUT2D eigenvalue weighted by Crippen LogP contribution is 2.32. The number of hydrogen-bond donors (Lipinski definition) is 1. The number of nitrogens with one attached hydrogen (secondary N) is 1. The molecule has 1 amide bonds. The summed E-state index contributed by atoms with van der Waals surface area (Å²) < 4.78 is 5.53. The second-order valence-electron chi connectivity index (χ2n) is 6.90. The number of aryl methyl sites for hydroxylation is 1. The van der Waals surface area contributed by atoms with Crippen molar-refractivity contribution in [2.75, 3.05) is 12.9 Å². The second kappa shape index (κ2) is 9.65. The molecule has 0 fully saturated rings. The summed E-state index contributed by atoms with van der Waals surface area (Å²) in [5.41, 5.74) is 4.08. The van der Waals surface area contributed by atoms with Crippen molar-refractivity contribution in [3.63, 3.8) is 0 Å². The third-order valence-corrected chi connectivity index (χ3v) is 5.61. The van der Waals surface area contributed by atoms with Crippen molar-refractivity contribution in [3.8, 4) is 5.75 Å². The Labute approximate surface area is 167 Å². The van der Waals surface area contributed by atoms with Gasteiger partial charge >= 0.3 is 0 Å². The third kappa shape index (κ3) is 5.16. The normalized spacial score (nSPS) is 11.9. The number of benzene rings is 2. The Bertz CT molecular complexity index is 814. The summed E-state index contributed by atoms with van der Waals surface area (Å²) in [6.45, 7) is 12.1. The van der Waals surface area contributed by atoms with Gasteiger partial charge in [0.05, 0.1) is 18.7 Å². The van der Waals surface area contributed by atoms with Gasteiger partial charge in [0.1, 0.15) is 5.75 Å². The van der Waals surface area contributed by atoms with E-state index in [4.69, 9.17) is 4.74 Å². The highest BCUT2D eigenvalue weighted by atomic mass is 32.2. The molecule has 27 heavy (non-hydrogen) atoms. The smallest absolute Gasteiger partial charge is 0.252 e. The Balaban J connectivity index is 2.27. The van der Waals surface area contributed by atoms with Crippen LogP contribution in [-0.2, 0) is 0 Å². The molecule has 0 aromatic heterocycles. The van der Waals surface area contributed by atoms with E-state index in [0.29, 0.717) is 11.5 Å². The minimum Gasteiger partial charge on any atom is -0.496 e. The average molecular weight is 384 g/mol. The van der Waals surface area contributed by atoms with Gasteiger partial charge in [0.25, 0.3) is 5.91 Å². The van der Waals surface area contributed by atoms with E-state index in [9.17, 15) is 4.79 Å². The Morgan fingerprint density at radius 2 is 1.93 bits per heavy atom. The van der Waals surface area contributed by atoms with E-state index in [-0.39, 0.29) is 11.9 Å². The maximum Gasteiger partial charge on any atom is 0.252 e. The van der Waals surface area contributed by atoms with Gasteiger partial charge in [0.15, 0.2) is 0 Å². The van der Waals surface area contributed by atoms with Gasteiger partial charge in [-0.3, -0.25) is 4.79 Å². The quantitative estimate of drug-likeness (QED) is 0.456. The minimum absolute atomic E-state index is 0.0593. The molecule has 2 aromatic rings. The van der Waals surface area contributed by atoms with Crippen LogP contribution in [-0.4, -0.2) is 18.8 Å². The molecule has 0 radical (unpaired) electrons. The SMILES string of the molecule is C=CCSc1ccccc1C(=O)NC(C)c1cc(C(C)C)c(OC)cc1C. The molecule has 1 unspecified atom stereocenters. The summed E-state index contributed by atoms with van der Waals surface area (Å²) in [4.78, 5) is 13.9. The van der Waals surface area contributed by atoms with Gasteiger partial charge in [-0.2, -0.15) is 0 Å². The summed E-state index contributed by atoms with van der Waals surface area (Å²) >= 11 is 1.62. The second-order valence-corrected chi connectivity index (χ2v) is 7.96. The van der Waals surface area contributed by atoms with Crippen LogP contribution < -0.4 is 10.1 Å². The predicted octanol–water partition coefficient (Wildman–Crippen LogP) is 5.90. The zero-order valence-electron chi connectivity index (χ0n) is 16.8. The van der Waals surface area contributed by atoms with E-state index in [1.807, 2.05) is 37.3 Å². The van der Waals surface area contributed by atoms with Gasteiger partial charge in [-0.25, -0.2) is 0 Å². The fraction of sp³-hybridized carbons (Fsp3) is 0.348. The first kappa shape index (κ1) is 21.1. The monoisotopic (exact) mass is 383 g/mol. The van der Waals surface area contributed by atoms with Crippen LogP contribution in [0.25, 0.3) is 0 Å². The maximum atomic E-state index is 12.9. The van der Waals surface area contributed by atoms with Crippen molar-refractivity contribution >= 4 is 17.7 Å². The van der Waals surface area contributed by atoms with Crippen molar-refractivity contribution in [1.29, 1.82) is 0 Å².